The fourth-order valence-corrected chi connectivity index (χ4v) is 11.4. The molecule has 2 heterocycles. The molecule has 358 valence electrons. The van der Waals surface area contributed by atoms with E-state index in [0.29, 0.717) is 28.0 Å². The van der Waals surface area contributed by atoms with Gasteiger partial charge in [0.1, 0.15) is 47.1 Å². The van der Waals surface area contributed by atoms with Crippen molar-refractivity contribution in [1.82, 2.24) is 4.90 Å². The first-order valence-electron chi connectivity index (χ1n) is 22.7. The highest BCUT2D eigenvalue weighted by atomic mass is 16.6. The first kappa shape index (κ1) is 47.9. The van der Waals surface area contributed by atoms with E-state index in [-0.39, 0.29) is 37.2 Å². The minimum absolute atomic E-state index is 0.138. The molecule has 2 bridgehead atoms. The molecule has 0 aromatic heterocycles. The monoisotopic (exact) mass is 923 g/mol. The van der Waals surface area contributed by atoms with E-state index in [2.05, 4.69) is 0 Å². The molecule has 1 N–H and O–H groups in total. The Kier molecular flexibility index (Phi) is 12.5. The molecule has 3 aromatic rings. The van der Waals surface area contributed by atoms with Gasteiger partial charge in [0.2, 0.25) is 0 Å². The Labute approximate surface area is 391 Å². The molecule has 15 heteroatoms. The van der Waals surface area contributed by atoms with E-state index in [4.69, 9.17) is 37.9 Å². The van der Waals surface area contributed by atoms with Crippen molar-refractivity contribution in [3.05, 3.63) is 113 Å². The molecule has 0 radical (unpaired) electrons. The number of fused-ring (bicyclic) bond motifs is 5. The number of amides is 1. The Balaban J connectivity index is 1.26. The Morgan fingerprint density at radius 2 is 1.51 bits per heavy atom. The average Bonchev–Trinajstić information content (AvgIpc) is 3.69. The Morgan fingerprint density at radius 3 is 2.07 bits per heavy atom. The van der Waals surface area contributed by atoms with Crippen molar-refractivity contribution in [3.63, 3.8) is 0 Å². The zero-order valence-corrected chi connectivity index (χ0v) is 39.7. The number of hydrogen-bond acceptors (Lipinski definition) is 14. The van der Waals surface area contributed by atoms with Crippen LogP contribution in [0.5, 0.6) is 5.75 Å². The topological polar surface area (TPSA) is 183 Å². The molecule has 67 heavy (non-hydrogen) atoms. The van der Waals surface area contributed by atoms with Crippen LogP contribution >= 0.6 is 0 Å². The Morgan fingerprint density at radius 1 is 0.866 bits per heavy atom. The summed E-state index contributed by atoms with van der Waals surface area (Å²) >= 11 is 0. The van der Waals surface area contributed by atoms with Crippen LogP contribution < -0.4 is 4.74 Å². The number of Topliss-reactive ketones (excluding diaryl/α,β-unsaturated/α-hetero) is 1. The lowest BCUT2D eigenvalue weighted by molar-refractivity contribution is -0.346. The van der Waals surface area contributed by atoms with Crippen molar-refractivity contribution >= 4 is 29.8 Å². The molecule has 0 unspecified atom stereocenters. The zero-order chi connectivity index (χ0) is 48.4. The van der Waals surface area contributed by atoms with Crippen molar-refractivity contribution in [3.8, 4) is 5.75 Å². The Bertz CT molecular complexity index is 2430. The van der Waals surface area contributed by atoms with Gasteiger partial charge in [-0.3, -0.25) is 14.5 Å². The van der Waals surface area contributed by atoms with Crippen LogP contribution in [0.2, 0.25) is 0 Å². The molecule has 0 spiro atoms. The van der Waals surface area contributed by atoms with E-state index in [1.807, 2.05) is 6.07 Å². The summed E-state index contributed by atoms with van der Waals surface area (Å²) in [5.41, 5.74) is -5.12. The highest BCUT2D eigenvalue weighted by Crippen LogP contribution is 2.64. The highest BCUT2D eigenvalue weighted by molar-refractivity contribution is 5.91. The summed E-state index contributed by atoms with van der Waals surface area (Å²) in [6.45, 7) is 13.4. The number of ether oxygens (including phenoxy) is 8. The van der Waals surface area contributed by atoms with Gasteiger partial charge in [0.05, 0.1) is 36.7 Å². The lowest BCUT2D eigenvalue weighted by Gasteiger charge is -2.67. The lowest BCUT2D eigenvalue weighted by Crippen LogP contribution is -2.81. The van der Waals surface area contributed by atoms with Crippen LogP contribution in [0.1, 0.15) is 108 Å². The predicted octanol–water partition coefficient (Wildman–Crippen LogP) is 7.40. The van der Waals surface area contributed by atoms with Gasteiger partial charge in [-0.25, -0.2) is 14.4 Å². The van der Waals surface area contributed by atoms with E-state index in [1.54, 1.807) is 127 Å². The number of aliphatic hydroxyl groups is 1. The molecule has 2 saturated carbocycles. The number of methoxy groups -OCH3 is 2. The third kappa shape index (κ3) is 8.00. The molecule has 3 aromatic carbocycles. The standard InChI is InChI=1S/C52H61NO14/c1-29-35-25-37(55)50(8)38(61-10)26-39-51(28-62-39,66-30(2)54)42(50)43(65-45(56)33-19-15-12-16-20-33)52(59,49(35,6)7)27-36(29)63-46(57)41-40(31-17-13-11-14-18-31)53(47(58)67-48(3,4)5)44(64-41)32-21-23-34(60-9)24-22-32/h11-24,36,38-44,59H,25-28H2,1-10H3/t36-,38-,39+,40-,41+,42-,43-,44+,50+,51-,52+/m0/s1. The zero-order valence-electron chi connectivity index (χ0n) is 39.7. The SMILES string of the molecule is COc1ccc([C@H]2O[C@@H](C(=O)O[C@H]3C[C@@]4(O)[C@@H](OC(=O)c5ccccc5)[C@@H]5[C@]6(OC(C)=O)CO[C@@H]6C[C@H](OC)[C@@]5(C)C(=O)CC(=C3C)C4(C)C)[C@H](c3ccccc3)N2C(=O)OC(C)(C)C)cc1. The molecular weight excluding hydrogens is 863 g/mol. The summed E-state index contributed by atoms with van der Waals surface area (Å²) in [6, 6.07) is 23.0. The molecule has 8 rings (SSSR count). The van der Waals surface area contributed by atoms with Crippen molar-refractivity contribution in [1.29, 1.82) is 0 Å². The van der Waals surface area contributed by atoms with Crippen LogP contribution in [0.4, 0.5) is 4.79 Å². The van der Waals surface area contributed by atoms with Gasteiger partial charge >= 0.3 is 24.0 Å². The van der Waals surface area contributed by atoms with Crippen LogP contribution in [-0.2, 0) is 47.5 Å². The third-order valence-corrected chi connectivity index (χ3v) is 14.9. The van der Waals surface area contributed by atoms with Crippen molar-refractivity contribution in [2.24, 2.45) is 16.7 Å². The van der Waals surface area contributed by atoms with Crippen molar-refractivity contribution in [2.45, 2.75) is 134 Å². The quantitative estimate of drug-likeness (QED) is 0.127. The van der Waals surface area contributed by atoms with E-state index >= 15 is 9.59 Å². The molecule has 15 nitrogen and oxygen atoms in total. The minimum Gasteiger partial charge on any atom is -0.497 e. The maximum absolute atomic E-state index is 15.4. The normalized spacial score (nSPS) is 33.2. The number of carbonyl (C=O) groups is 5. The molecular formula is C52H61NO14. The van der Waals surface area contributed by atoms with Crippen LogP contribution in [0.25, 0.3) is 0 Å². The molecule has 2 aliphatic heterocycles. The number of ketones is 1. The summed E-state index contributed by atoms with van der Waals surface area (Å²) in [5.74, 6) is -3.26. The summed E-state index contributed by atoms with van der Waals surface area (Å²) in [4.78, 5) is 73.8. The van der Waals surface area contributed by atoms with E-state index in [1.165, 1.54) is 26.0 Å². The van der Waals surface area contributed by atoms with E-state index < -0.39 is 100 Å². The molecule has 3 aliphatic carbocycles. The summed E-state index contributed by atoms with van der Waals surface area (Å²) in [6.07, 6.45) is -8.03. The molecule has 11 atom stereocenters. The second-order valence-electron chi connectivity index (χ2n) is 20.1. The maximum atomic E-state index is 15.4. The predicted molar refractivity (Wildman–Crippen MR) is 240 cm³/mol. The second-order valence-corrected chi connectivity index (χ2v) is 20.1. The van der Waals surface area contributed by atoms with Gasteiger partial charge in [0.25, 0.3) is 0 Å². The van der Waals surface area contributed by atoms with Gasteiger partial charge in [0.15, 0.2) is 17.9 Å². The lowest BCUT2D eigenvalue weighted by atomic mass is 9.45. The van der Waals surface area contributed by atoms with Gasteiger partial charge in [-0.15, -0.1) is 0 Å². The molecule has 5 aliphatic rings. The smallest absolute Gasteiger partial charge is 0.413 e. The van der Waals surface area contributed by atoms with Crippen molar-refractivity contribution < 1.29 is 67.0 Å². The van der Waals surface area contributed by atoms with Crippen LogP contribution in [-0.4, -0.2) is 108 Å². The maximum Gasteiger partial charge on any atom is 0.413 e. The number of nitrogens with zero attached hydrogens (tertiary/aromatic N) is 1. The number of carbonyl (C=O) groups excluding carboxylic acids is 5. The van der Waals surface area contributed by atoms with Gasteiger partial charge in [0, 0.05) is 44.3 Å². The molecule has 1 amide bonds. The summed E-state index contributed by atoms with van der Waals surface area (Å²) < 4.78 is 49.5. The summed E-state index contributed by atoms with van der Waals surface area (Å²) in [5, 5.41) is 13.9. The van der Waals surface area contributed by atoms with Crippen LogP contribution in [0.15, 0.2) is 96.1 Å². The summed E-state index contributed by atoms with van der Waals surface area (Å²) in [7, 11) is 3.02. The van der Waals surface area contributed by atoms with E-state index in [0.717, 1.165) is 0 Å². The van der Waals surface area contributed by atoms with Crippen LogP contribution in [0, 0.1) is 16.7 Å². The van der Waals surface area contributed by atoms with Crippen molar-refractivity contribution in [2.75, 3.05) is 20.8 Å². The fraction of sp³-hybridized carbons (Fsp3) is 0.519. The minimum atomic E-state index is -2.11. The number of rotatable bonds is 9. The van der Waals surface area contributed by atoms with Crippen LogP contribution in [0.3, 0.4) is 0 Å². The van der Waals surface area contributed by atoms with E-state index in [9.17, 15) is 19.5 Å². The van der Waals surface area contributed by atoms with Gasteiger partial charge in [-0.05, 0) is 70.0 Å². The third-order valence-electron chi connectivity index (χ3n) is 14.9. The highest BCUT2D eigenvalue weighted by Gasteiger charge is 2.77. The first-order valence-corrected chi connectivity index (χ1v) is 22.7. The number of benzene rings is 3. The number of hydrogen-bond donors (Lipinski definition) is 1. The van der Waals surface area contributed by atoms with Gasteiger partial charge in [-0.1, -0.05) is 80.1 Å². The van der Waals surface area contributed by atoms with Gasteiger partial charge < -0.3 is 43.0 Å². The fourth-order valence-electron chi connectivity index (χ4n) is 11.4. The van der Waals surface area contributed by atoms with Gasteiger partial charge in [-0.2, -0.15) is 0 Å². The molecule has 2 saturated heterocycles. The Hall–Kier alpha value is -5.61. The molecule has 4 fully saturated rings. The number of esters is 3. The average molecular weight is 924 g/mol. The second kappa shape index (κ2) is 17.5. The largest absolute Gasteiger partial charge is 0.497 e. The first-order chi connectivity index (χ1) is 31.6.